The third-order valence-corrected chi connectivity index (χ3v) is 1.72. The molecule has 1 rings (SSSR count). The first-order chi connectivity index (χ1) is 6.01. The zero-order chi connectivity index (χ0) is 9.90. The van der Waals surface area contributed by atoms with Gasteiger partial charge in [-0.3, -0.25) is 0 Å². The third kappa shape index (κ3) is 3.49. The maximum Gasteiger partial charge on any atom is 0.393 e. The van der Waals surface area contributed by atoms with Crippen molar-refractivity contribution in [2.75, 3.05) is 0 Å². The molecule has 0 heterocycles. The van der Waals surface area contributed by atoms with Crippen molar-refractivity contribution < 1.29 is 13.2 Å². The van der Waals surface area contributed by atoms with Crippen LogP contribution in [0.25, 0.3) is 0 Å². The Labute approximate surface area is 75.4 Å². The molecule has 0 saturated carbocycles. The van der Waals surface area contributed by atoms with E-state index in [0.29, 0.717) is 12.0 Å². The molecule has 71 valence electrons. The van der Waals surface area contributed by atoms with E-state index in [2.05, 4.69) is 6.92 Å². The minimum Gasteiger partial charge on any atom is -0.171 e. The Morgan fingerprint density at radius 1 is 1.00 bits per heavy atom. The molecule has 0 spiro atoms. The van der Waals surface area contributed by atoms with E-state index in [0.717, 1.165) is 5.56 Å². The maximum absolute atomic E-state index is 11.9. The monoisotopic (exact) mass is 187 g/mol. The van der Waals surface area contributed by atoms with E-state index >= 15 is 0 Å². The summed E-state index contributed by atoms with van der Waals surface area (Å²) in [7, 11) is 0. The minimum absolute atomic E-state index is 0.296. The Hall–Kier alpha value is -0.990. The van der Waals surface area contributed by atoms with Crippen molar-refractivity contribution in [2.24, 2.45) is 0 Å². The lowest BCUT2D eigenvalue weighted by atomic mass is 10.1. The summed E-state index contributed by atoms with van der Waals surface area (Å²) in [6.07, 6.45) is -4.37. The molecule has 0 aliphatic rings. The van der Waals surface area contributed by atoms with Crippen LogP contribution in [-0.4, -0.2) is 6.18 Å². The molecule has 0 N–H and O–H groups in total. The van der Waals surface area contributed by atoms with Crippen LogP contribution in [0.1, 0.15) is 11.1 Å². The Bertz CT molecular complexity index is 258. The van der Waals surface area contributed by atoms with Gasteiger partial charge in [0.15, 0.2) is 0 Å². The van der Waals surface area contributed by atoms with Crippen molar-refractivity contribution in [3.63, 3.8) is 0 Å². The number of benzene rings is 1. The first-order valence-electron chi connectivity index (χ1n) is 3.95. The Kier molecular flexibility index (Phi) is 2.96. The zero-order valence-electron chi connectivity index (χ0n) is 7.06. The van der Waals surface area contributed by atoms with Crippen LogP contribution in [0.4, 0.5) is 13.2 Å². The zero-order valence-corrected chi connectivity index (χ0v) is 7.06. The molecule has 0 bridgehead atoms. The second kappa shape index (κ2) is 3.81. The summed E-state index contributed by atoms with van der Waals surface area (Å²) in [6.45, 7) is 3.64. The highest BCUT2D eigenvalue weighted by atomic mass is 19.4. The van der Waals surface area contributed by atoms with E-state index in [1.807, 2.05) is 0 Å². The largest absolute Gasteiger partial charge is 0.393 e. The molecule has 13 heavy (non-hydrogen) atoms. The van der Waals surface area contributed by atoms with Crippen molar-refractivity contribution in [2.45, 2.75) is 19.0 Å². The molecule has 1 aromatic rings. The van der Waals surface area contributed by atoms with Crippen LogP contribution in [0.5, 0.6) is 0 Å². The van der Waals surface area contributed by atoms with Crippen LogP contribution in [0.15, 0.2) is 24.3 Å². The van der Waals surface area contributed by atoms with Gasteiger partial charge in [0, 0.05) is 0 Å². The number of alkyl halides is 3. The van der Waals surface area contributed by atoms with Gasteiger partial charge in [-0.2, -0.15) is 13.2 Å². The number of hydrogen-bond acceptors (Lipinski definition) is 0. The molecular formula is C10H10F3. The highest BCUT2D eigenvalue weighted by molar-refractivity contribution is 5.23. The summed E-state index contributed by atoms with van der Waals surface area (Å²) in [5.74, 6) is 0. The molecule has 0 aliphatic heterocycles. The highest BCUT2D eigenvalue weighted by Crippen LogP contribution is 2.21. The molecule has 0 nitrogen and oxygen atoms in total. The first-order valence-corrected chi connectivity index (χ1v) is 3.95. The van der Waals surface area contributed by atoms with Crippen molar-refractivity contribution in [3.05, 3.63) is 42.3 Å². The van der Waals surface area contributed by atoms with Crippen LogP contribution in [0, 0.1) is 6.92 Å². The van der Waals surface area contributed by atoms with Gasteiger partial charge in [-0.25, -0.2) is 0 Å². The molecule has 1 aromatic carbocycles. The number of hydrogen-bond donors (Lipinski definition) is 0. The lowest BCUT2D eigenvalue weighted by molar-refractivity contribution is -0.127. The van der Waals surface area contributed by atoms with E-state index < -0.39 is 12.6 Å². The lowest BCUT2D eigenvalue weighted by Gasteiger charge is -2.06. The quantitative estimate of drug-likeness (QED) is 0.667. The molecule has 3 heteroatoms. The Morgan fingerprint density at radius 2 is 1.46 bits per heavy atom. The van der Waals surface area contributed by atoms with E-state index in [4.69, 9.17) is 0 Å². The highest BCUT2D eigenvalue weighted by Gasteiger charge is 2.27. The van der Waals surface area contributed by atoms with Crippen LogP contribution in [0.2, 0.25) is 0 Å². The number of rotatable bonds is 2. The topological polar surface area (TPSA) is 0 Å². The van der Waals surface area contributed by atoms with Crippen molar-refractivity contribution in [1.82, 2.24) is 0 Å². The van der Waals surface area contributed by atoms with Gasteiger partial charge in [-0.15, -0.1) is 0 Å². The summed E-state index contributed by atoms with van der Waals surface area (Å²) in [5, 5.41) is 0. The Morgan fingerprint density at radius 3 is 1.85 bits per heavy atom. The second-order valence-corrected chi connectivity index (χ2v) is 2.86. The van der Waals surface area contributed by atoms with E-state index in [9.17, 15) is 13.2 Å². The van der Waals surface area contributed by atoms with E-state index in [1.165, 1.54) is 12.1 Å². The summed E-state index contributed by atoms with van der Waals surface area (Å²) < 4.78 is 35.7. The third-order valence-electron chi connectivity index (χ3n) is 1.72. The molecule has 0 aliphatic carbocycles. The van der Waals surface area contributed by atoms with E-state index in [1.54, 1.807) is 12.1 Å². The molecule has 0 fully saturated rings. The summed E-state index contributed by atoms with van der Waals surface area (Å²) in [6, 6.07) is 6.34. The maximum atomic E-state index is 11.9. The van der Waals surface area contributed by atoms with Gasteiger partial charge in [-0.1, -0.05) is 24.3 Å². The molecule has 1 radical (unpaired) electrons. The summed E-state index contributed by atoms with van der Waals surface area (Å²) >= 11 is 0. The fourth-order valence-electron chi connectivity index (χ4n) is 1.06. The molecular weight excluding hydrogens is 177 g/mol. The lowest BCUT2D eigenvalue weighted by Crippen LogP contribution is -2.11. The van der Waals surface area contributed by atoms with Crippen molar-refractivity contribution in [1.29, 1.82) is 0 Å². The molecule has 0 atom stereocenters. The smallest absolute Gasteiger partial charge is 0.171 e. The van der Waals surface area contributed by atoms with Crippen LogP contribution >= 0.6 is 0 Å². The molecule has 0 aromatic heterocycles. The Balaban J connectivity index is 2.70. The molecule has 0 unspecified atom stereocenters. The predicted molar refractivity (Wildman–Crippen MR) is 45.3 cm³/mol. The second-order valence-electron chi connectivity index (χ2n) is 2.86. The van der Waals surface area contributed by atoms with Crippen LogP contribution in [-0.2, 0) is 12.8 Å². The van der Waals surface area contributed by atoms with Gasteiger partial charge in [0.2, 0.25) is 0 Å². The summed E-state index contributed by atoms with van der Waals surface area (Å²) in [4.78, 5) is 0. The first kappa shape index (κ1) is 10.1. The average molecular weight is 187 g/mol. The molecule has 0 saturated heterocycles. The molecule has 0 amide bonds. The van der Waals surface area contributed by atoms with Crippen LogP contribution in [0.3, 0.4) is 0 Å². The fourth-order valence-corrected chi connectivity index (χ4v) is 1.06. The van der Waals surface area contributed by atoms with Crippen molar-refractivity contribution in [3.8, 4) is 0 Å². The van der Waals surface area contributed by atoms with Crippen molar-refractivity contribution >= 4 is 0 Å². The number of halogens is 3. The summed E-state index contributed by atoms with van der Waals surface area (Å²) in [5.41, 5.74) is 1.25. The SMILES string of the molecule is [CH2]Cc1ccc(CC(F)(F)F)cc1. The van der Waals surface area contributed by atoms with Crippen LogP contribution < -0.4 is 0 Å². The minimum atomic E-state index is -4.12. The van der Waals surface area contributed by atoms with Gasteiger partial charge >= 0.3 is 6.18 Å². The van der Waals surface area contributed by atoms with Gasteiger partial charge in [0.05, 0.1) is 6.42 Å². The van der Waals surface area contributed by atoms with Gasteiger partial charge < -0.3 is 0 Å². The van der Waals surface area contributed by atoms with E-state index in [-0.39, 0.29) is 0 Å². The van der Waals surface area contributed by atoms with Gasteiger partial charge in [-0.05, 0) is 24.5 Å². The fraction of sp³-hybridized carbons (Fsp3) is 0.300. The predicted octanol–water partition coefficient (Wildman–Crippen LogP) is 3.17. The van der Waals surface area contributed by atoms with Gasteiger partial charge in [0.25, 0.3) is 0 Å². The normalized spacial score (nSPS) is 11.7. The van der Waals surface area contributed by atoms with Gasteiger partial charge in [0.1, 0.15) is 0 Å². The average Bonchev–Trinajstić information content (AvgIpc) is 2.03. The standard InChI is InChI=1S/C10H10F3/c1-2-8-3-5-9(6-4-8)7-10(11,12)13/h3-6H,1-2,7H2.